The summed E-state index contributed by atoms with van der Waals surface area (Å²) < 4.78 is 0. The molecule has 0 saturated carbocycles. The molecule has 0 aromatic rings. The van der Waals surface area contributed by atoms with Gasteiger partial charge in [-0.05, 0) is 24.4 Å². The topological polar surface area (TPSA) is 18.5 Å². The minimum atomic E-state index is 0.628. The lowest BCUT2D eigenvalue weighted by molar-refractivity contribution is 0.591. The zero-order chi connectivity index (χ0) is 9.02. The summed E-state index contributed by atoms with van der Waals surface area (Å²) in [6, 6.07) is 0. The zero-order valence-electron chi connectivity index (χ0n) is 7.21. The third-order valence-corrected chi connectivity index (χ3v) is 1.96. The SMILES string of the molecule is CN(C)C(=S)NC(=S)N(C)C. The van der Waals surface area contributed by atoms with Crippen LogP contribution in [-0.2, 0) is 0 Å². The molecule has 0 heterocycles. The van der Waals surface area contributed by atoms with Crippen LogP contribution >= 0.6 is 24.4 Å². The molecule has 5 heteroatoms. The van der Waals surface area contributed by atoms with E-state index in [9.17, 15) is 0 Å². The summed E-state index contributed by atoms with van der Waals surface area (Å²) in [4.78, 5) is 3.59. The zero-order valence-corrected chi connectivity index (χ0v) is 8.84. The fourth-order valence-electron chi connectivity index (χ4n) is 0.315. The second kappa shape index (κ2) is 4.46. The molecule has 3 nitrogen and oxygen atoms in total. The summed E-state index contributed by atoms with van der Waals surface area (Å²) in [6.45, 7) is 0. The molecular formula is C6H13N3S2. The number of thiocarbonyl (C=S) groups is 2. The van der Waals surface area contributed by atoms with Gasteiger partial charge in [0.1, 0.15) is 0 Å². The fourth-order valence-corrected chi connectivity index (χ4v) is 0.573. The highest BCUT2D eigenvalue weighted by Gasteiger charge is 2.02. The first-order chi connectivity index (χ1) is 4.95. The van der Waals surface area contributed by atoms with Gasteiger partial charge in [-0.25, -0.2) is 0 Å². The summed E-state index contributed by atoms with van der Waals surface area (Å²) in [6.07, 6.45) is 0. The van der Waals surface area contributed by atoms with Crippen LogP contribution in [0.2, 0.25) is 0 Å². The first kappa shape index (κ1) is 10.6. The van der Waals surface area contributed by atoms with E-state index >= 15 is 0 Å². The first-order valence-corrected chi connectivity index (χ1v) is 3.96. The predicted octanol–water partition coefficient (Wildman–Crippen LogP) is 0.269. The molecule has 0 atom stereocenters. The molecule has 11 heavy (non-hydrogen) atoms. The van der Waals surface area contributed by atoms with Gasteiger partial charge in [0, 0.05) is 28.2 Å². The van der Waals surface area contributed by atoms with E-state index in [1.807, 2.05) is 28.2 Å². The Kier molecular flexibility index (Phi) is 4.29. The van der Waals surface area contributed by atoms with Crippen LogP contribution in [0.15, 0.2) is 0 Å². The van der Waals surface area contributed by atoms with Crippen molar-refractivity contribution in [3.8, 4) is 0 Å². The van der Waals surface area contributed by atoms with Crippen molar-refractivity contribution < 1.29 is 0 Å². The van der Waals surface area contributed by atoms with Gasteiger partial charge in [0.05, 0.1) is 0 Å². The molecule has 1 N–H and O–H groups in total. The molecule has 0 radical (unpaired) electrons. The number of hydrogen-bond donors (Lipinski definition) is 1. The van der Waals surface area contributed by atoms with Crippen molar-refractivity contribution in [2.24, 2.45) is 0 Å². The Hall–Kier alpha value is -0.420. The maximum Gasteiger partial charge on any atom is 0.174 e. The second-order valence-electron chi connectivity index (χ2n) is 2.52. The van der Waals surface area contributed by atoms with Gasteiger partial charge in [0.2, 0.25) is 0 Å². The van der Waals surface area contributed by atoms with E-state index in [0.29, 0.717) is 10.2 Å². The van der Waals surface area contributed by atoms with Crippen molar-refractivity contribution >= 4 is 34.7 Å². The molecule has 0 amide bonds. The number of hydrogen-bond acceptors (Lipinski definition) is 2. The van der Waals surface area contributed by atoms with Crippen molar-refractivity contribution in [3.05, 3.63) is 0 Å². The summed E-state index contributed by atoms with van der Waals surface area (Å²) in [5, 5.41) is 4.15. The Morgan fingerprint density at radius 3 is 1.36 bits per heavy atom. The van der Waals surface area contributed by atoms with Gasteiger partial charge < -0.3 is 15.1 Å². The molecule has 0 spiro atoms. The standard InChI is InChI=1S/C6H13N3S2/c1-8(2)5(10)7-6(11)9(3)4/h1-4H3,(H,7,10,11). The normalized spacial score (nSPS) is 8.73. The Balaban J connectivity index is 3.86. The van der Waals surface area contributed by atoms with Crippen LogP contribution in [0, 0.1) is 0 Å². The lowest BCUT2D eigenvalue weighted by Crippen LogP contribution is -2.43. The molecule has 0 aromatic heterocycles. The summed E-state index contributed by atoms with van der Waals surface area (Å²) >= 11 is 9.95. The van der Waals surface area contributed by atoms with Gasteiger partial charge in [0.25, 0.3) is 0 Å². The van der Waals surface area contributed by atoms with Crippen molar-refractivity contribution in [2.45, 2.75) is 0 Å². The summed E-state index contributed by atoms with van der Waals surface area (Å²) in [5.41, 5.74) is 0. The molecule has 0 aliphatic rings. The number of rotatable bonds is 0. The van der Waals surface area contributed by atoms with Crippen molar-refractivity contribution in [2.75, 3.05) is 28.2 Å². The highest BCUT2D eigenvalue weighted by molar-refractivity contribution is 7.81. The van der Waals surface area contributed by atoms with E-state index in [4.69, 9.17) is 24.4 Å². The highest BCUT2D eigenvalue weighted by Crippen LogP contribution is 1.82. The molecule has 64 valence electrons. The fraction of sp³-hybridized carbons (Fsp3) is 0.667. The van der Waals surface area contributed by atoms with Crippen LogP contribution in [0.4, 0.5) is 0 Å². The Morgan fingerprint density at radius 2 is 1.18 bits per heavy atom. The van der Waals surface area contributed by atoms with Crippen molar-refractivity contribution in [1.82, 2.24) is 15.1 Å². The predicted molar refractivity (Wildman–Crippen MR) is 55.7 cm³/mol. The van der Waals surface area contributed by atoms with Gasteiger partial charge in [-0.3, -0.25) is 0 Å². The number of nitrogens with one attached hydrogen (secondary N) is 1. The van der Waals surface area contributed by atoms with Gasteiger partial charge in [-0.1, -0.05) is 0 Å². The lowest BCUT2D eigenvalue weighted by Gasteiger charge is -2.19. The van der Waals surface area contributed by atoms with E-state index in [-0.39, 0.29) is 0 Å². The average molecular weight is 191 g/mol. The summed E-state index contributed by atoms with van der Waals surface area (Å²) in [7, 11) is 7.47. The third-order valence-electron chi connectivity index (χ3n) is 1.03. The quantitative estimate of drug-likeness (QED) is 0.552. The van der Waals surface area contributed by atoms with E-state index in [1.54, 1.807) is 9.80 Å². The van der Waals surface area contributed by atoms with Crippen molar-refractivity contribution in [1.29, 1.82) is 0 Å². The van der Waals surface area contributed by atoms with Crippen LogP contribution in [0.1, 0.15) is 0 Å². The minimum absolute atomic E-state index is 0.628. The molecule has 0 aromatic carbocycles. The lowest BCUT2D eigenvalue weighted by atomic mass is 10.8. The Bertz CT molecular complexity index is 147. The van der Waals surface area contributed by atoms with Crippen LogP contribution in [-0.4, -0.2) is 48.2 Å². The van der Waals surface area contributed by atoms with E-state index < -0.39 is 0 Å². The smallest absolute Gasteiger partial charge is 0.174 e. The summed E-state index contributed by atoms with van der Waals surface area (Å²) in [5.74, 6) is 0. The van der Waals surface area contributed by atoms with E-state index in [2.05, 4.69) is 5.32 Å². The molecule has 0 bridgehead atoms. The maximum atomic E-state index is 4.97. The average Bonchev–Trinajstić information content (AvgIpc) is 1.87. The van der Waals surface area contributed by atoms with Crippen LogP contribution < -0.4 is 5.32 Å². The van der Waals surface area contributed by atoms with Crippen LogP contribution in [0.5, 0.6) is 0 Å². The molecule has 0 aliphatic carbocycles. The van der Waals surface area contributed by atoms with Crippen molar-refractivity contribution in [3.63, 3.8) is 0 Å². The largest absolute Gasteiger partial charge is 0.355 e. The molecule has 0 saturated heterocycles. The molecule has 0 fully saturated rings. The Labute approximate surface area is 78.4 Å². The second-order valence-corrected chi connectivity index (χ2v) is 3.30. The van der Waals surface area contributed by atoms with E-state index in [0.717, 1.165) is 0 Å². The van der Waals surface area contributed by atoms with Gasteiger partial charge in [0.15, 0.2) is 10.2 Å². The molecular weight excluding hydrogens is 178 g/mol. The van der Waals surface area contributed by atoms with Gasteiger partial charge in [-0.2, -0.15) is 0 Å². The molecule has 0 aliphatic heterocycles. The monoisotopic (exact) mass is 191 g/mol. The molecule has 0 unspecified atom stereocenters. The maximum absolute atomic E-state index is 4.97. The number of nitrogens with zero attached hydrogens (tertiary/aromatic N) is 2. The van der Waals surface area contributed by atoms with Gasteiger partial charge in [-0.15, -0.1) is 0 Å². The third kappa shape index (κ3) is 4.10. The Morgan fingerprint density at radius 1 is 0.909 bits per heavy atom. The first-order valence-electron chi connectivity index (χ1n) is 3.14. The minimum Gasteiger partial charge on any atom is -0.355 e. The van der Waals surface area contributed by atoms with Crippen LogP contribution in [0.25, 0.3) is 0 Å². The molecule has 0 rings (SSSR count). The van der Waals surface area contributed by atoms with Gasteiger partial charge >= 0.3 is 0 Å². The van der Waals surface area contributed by atoms with Crippen LogP contribution in [0.3, 0.4) is 0 Å². The van der Waals surface area contributed by atoms with E-state index in [1.165, 1.54) is 0 Å². The highest BCUT2D eigenvalue weighted by atomic mass is 32.1.